The highest BCUT2D eigenvalue weighted by Crippen LogP contribution is 2.35. The second-order valence-corrected chi connectivity index (χ2v) is 5.43. The maximum Gasteiger partial charge on any atom is 0.168 e. The number of hydrogen-bond acceptors (Lipinski definition) is 1. The summed E-state index contributed by atoms with van der Waals surface area (Å²) in [6, 6.07) is 6.00. The Morgan fingerprint density at radius 2 is 2.07 bits per heavy atom. The Hall–Kier alpha value is -0.630. The highest BCUT2D eigenvalue weighted by atomic mass is 79.9. The van der Waals surface area contributed by atoms with Gasteiger partial charge in [-0.15, -0.1) is 0 Å². The molecule has 0 radical (unpaired) electrons. The quantitative estimate of drug-likeness (QED) is 0.690. The summed E-state index contributed by atoms with van der Waals surface area (Å²) < 4.78 is 0.988. The molecule has 0 N–H and O–H groups in total. The Morgan fingerprint density at radius 1 is 1.36 bits per heavy atom. The number of halogens is 1. The van der Waals surface area contributed by atoms with Gasteiger partial charge in [-0.1, -0.05) is 35.8 Å². The van der Waals surface area contributed by atoms with Crippen molar-refractivity contribution >= 4 is 21.7 Å². The van der Waals surface area contributed by atoms with Crippen molar-refractivity contribution in [2.24, 2.45) is 5.41 Å². The van der Waals surface area contributed by atoms with Gasteiger partial charge in [-0.25, -0.2) is 0 Å². The van der Waals surface area contributed by atoms with Crippen molar-refractivity contribution in [2.45, 2.75) is 26.7 Å². The predicted molar refractivity (Wildman–Crippen MR) is 60.6 cm³/mol. The van der Waals surface area contributed by atoms with Crippen LogP contribution in [0.25, 0.3) is 0 Å². The molecule has 74 valence electrons. The Labute approximate surface area is 92.6 Å². The second-order valence-electron chi connectivity index (χ2n) is 4.51. The summed E-state index contributed by atoms with van der Waals surface area (Å²) in [5, 5.41) is 0. The molecule has 0 unspecified atom stereocenters. The third-order valence-corrected chi connectivity index (χ3v) is 3.44. The highest BCUT2D eigenvalue weighted by Gasteiger charge is 2.33. The molecule has 0 spiro atoms. The average molecular weight is 253 g/mol. The summed E-state index contributed by atoms with van der Waals surface area (Å²) in [6.45, 7) is 4.05. The van der Waals surface area contributed by atoms with Gasteiger partial charge >= 0.3 is 0 Å². The maximum absolute atomic E-state index is 12.1. The zero-order valence-corrected chi connectivity index (χ0v) is 10.0. The normalized spacial score (nSPS) is 19.2. The Morgan fingerprint density at radius 3 is 2.79 bits per heavy atom. The van der Waals surface area contributed by atoms with Crippen LogP contribution < -0.4 is 0 Å². The lowest BCUT2D eigenvalue weighted by Crippen LogP contribution is -2.30. The van der Waals surface area contributed by atoms with Gasteiger partial charge in [0, 0.05) is 15.5 Å². The number of fused-ring (bicyclic) bond motifs is 1. The van der Waals surface area contributed by atoms with Gasteiger partial charge in [0.2, 0.25) is 0 Å². The lowest BCUT2D eigenvalue weighted by Gasteiger charge is -2.29. The first-order chi connectivity index (χ1) is 6.50. The van der Waals surface area contributed by atoms with E-state index in [4.69, 9.17) is 0 Å². The molecule has 1 aliphatic rings. The summed E-state index contributed by atoms with van der Waals surface area (Å²) in [5.74, 6) is 0.278. The number of carbonyl (C=O) groups is 1. The summed E-state index contributed by atoms with van der Waals surface area (Å²) in [7, 11) is 0. The van der Waals surface area contributed by atoms with Crippen LogP contribution in [0.2, 0.25) is 0 Å². The predicted octanol–water partition coefficient (Wildman–Crippen LogP) is 3.60. The molecule has 0 fully saturated rings. The van der Waals surface area contributed by atoms with E-state index in [1.807, 2.05) is 32.0 Å². The molecule has 0 heterocycles. The van der Waals surface area contributed by atoms with Crippen LogP contribution in [0.5, 0.6) is 0 Å². The summed E-state index contributed by atoms with van der Waals surface area (Å²) in [6.07, 6.45) is 1.97. The molecule has 2 rings (SSSR count). The minimum absolute atomic E-state index is 0.187. The first kappa shape index (κ1) is 9.91. The Kier molecular flexibility index (Phi) is 2.26. The monoisotopic (exact) mass is 252 g/mol. The molecule has 2 heteroatoms. The molecule has 14 heavy (non-hydrogen) atoms. The molecule has 0 bridgehead atoms. The largest absolute Gasteiger partial charge is 0.294 e. The van der Waals surface area contributed by atoms with E-state index in [0.717, 1.165) is 22.9 Å². The average Bonchev–Trinajstić information content (AvgIpc) is 2.13. The SMILES string of the molecule is CC1(C)CCc2ccc(Br)cc2C1=O. The fourth-order valence-electron chi connectivity index (χ4n) is 1.90. The van der Waals surface area contributed by atoms with Gasteiger partial charge in [0.15, 0.2) is 5.78 Å². The van der Waals surface area contributed by atoms with E-state index in [1.165, 1.54) is 5.56 Å². The van der Waals surface area contributed by atoms with E-state index in [2.05, 4.69) is 15.9 Å². The molecule has 1 nitrogen and oxygen atoms in total. The van der Waals surface area contributed by atoms with Gasteiger partial charge in [-0.2, -0.15) is 0 Å². The summed E-state index contributed by atoms with van der Waals surface area (Å²) in [5.41, 5.74) is 1.90. The molecule has 1 aromatic carbocycles. The molecule has 0 amide bonds. The minimum atomic E-state index is -0.187. The summed E-state index contributed by atoms with van der Waals surface area (Å²) >= 11 is 3.40. The van der Waals surface area contributed by atoms with Crippen molar-refractivity contribution in [1.82, 2.24) is 0 Å². The van der Waals surface area contributed by atoms with Crippen molar-refractivity contribution in [3.63, 3.8) is 0 Å². The molecule has 1 aliphatic carbocycles. The number of ketones is 1. The van der Waals surface area contributed by atoms with E-state index in [0.29, 0.717) is 0 Å². The van der Waals surface area contributed by atoms with E-state index in [-0.39, 0.29) is 11.2 Å². The second kappa shape index (κ2) is 3.20. The van der Waals surface area contributed by atoms with Crippen LogP contribution >= 0.6 is 15.9 Å². The van der Waals surface area contributed by atoms with Crippen LogP contribution in [-0.2, 0) is 6.42 Å². The van der Waals surface area contributed by atoms with Gasteiger partial charge < -0.3 is 0 Å². The van der Waals surface area contributed by atoms with Gasteiger partial charge in [-0.3, -0.25) is 4.79 Å². The number of rotatable bonds is 0. The van der Waals surface area contributed by atoms with Crippen LogP contribution in [0, 0.1) is 5.41 Å². The smallest absolute Gasteiger partial charge is 0.168 e. The summed E-state index contributed by atoms with van der Waals surface area (Å²) in [4.78, 5) is 12.1. The molecule has 0 saturated heterocycles. The van der Waals surface area contributed by atoms with E-state index in [1.54, 1.807) is 0 Å². The first-order valence-corrected chi connectivity index (χ1v) is 5.63. The van der Waals surface area contributed by atoms with Crippen molar-refractivity contribution in [1.29, 1.82) is 0 Å². The highest BCUT2D eigenvalue weighted by molar-refractivity contribution is 9.10. The Balaban J connectivity index is 2.54. The number of hydrogen-bond donors (Lipinski definition) is 0. The number of aryl methyl sites for hydroxylation is 1. The standard InChI is InChI=1S/C12H13BrO/c1-12(2)6-5-8-3-4-9(13)7-10(8)11(12)14/h3-4,7H,5-6H2,1-2H3. The van der Waals surface area contributed by atoms with E-state index < -0.39 is 0 Å². The van der Waals surface area contributed by atoms with Crippen molar-refractivity contribution < 1.29 is 4.79 Å². The van der Waals surface area contributed by atoms with Crippen LogP contribution in [0.4, 0.5) is 0 Å². The van der Waals surface area contributed by atoms with Crippen molar-refractivity contribution in [3.05, 3.63) is 33.8 Å². The number of Topliss-reactive ketones (excluding diaryl/α,β-unsaturated/α-hetero) is 1. The molecule has 0 aliphatic heterocycles. The maximum atomic E-state index is 12.1. The fraction of sp³-hybridized carbons (Fsp3) is 0.417. The fourth-order valence-corrected chi connectivity index (χ4v) is 2.26. The molecule has 1 aromatic rings. The topological polar surface area (TPSA) is 17.1 Å². The lowest BCUT2D eigenvalue weighted by atomic mass is 9.73. The third-order valence-electron chi connectivity index (χ3n) is 2.95. The molecule has 0 saturated carbocycles. The van der Waals surface area contributed by atoms with Crippen molar-refractivity contribution in [2.75, 3.05) is 0 Å². The third kappa shape index (κ3) is 1.52. The van der Waals surface area contributed by atoms with Crippen LogP contribution in [0.15, 0.2) is 22.7 Å². The van der Waals surface area contributed by atoms with E-state index >= 15 is 0 Å². The van der Waals surface area contributed by atoms with Gasteiger partial charge in [-0.05, 0) is 30.5 Å². The van der Waals surface area contributed by atoms with E-state index in [9.17, 15) is 4.79 Å². The van der Waals surface area contributed by atoms with Gasteiger partial charge in [0.05, 0.1) is 0 Å². The van der Waals surface area contributed by atoms with Crippen molar-refractivity contribution in [3.8, 4) is 0 Å². The van der Waals surface area contributed by atoms with Crippen LogP contribution in [0.3, 0.4) is 0 Å². The van der Waals surface area contributed by atoms with Crippen LogP contribution in [-0.4, -0.2) is 5.78 Å². The Bertz CT molecular complexity index is 393. The zero-order valence-electron chi connectivity index (χ0n) is 8.43. The molecular weight excluding hydrogens is 240 g/mol. The zero-order chi connectivity index (χ0) is 10.3. The first-order valence-electron chi connectivity index (χ1n) is 4.84. The minimum Gasteiger partial charge on any atom is -0.294 e. The van der Waals surface area contributed by atoms with Gasteiger partial charge in [0.1, 0.15) is 0 Å². The number of benzene rings is 1. The number of carbonyl (C=O) groups excluding carboxylic acids is 1. The molecule has 0 aromatic heterocycles. The molecular formula is C12H13BrO. The van der Waals surface area contributed by atoms with Gasteiger partial charge in [0.25, 0.3) is 0 Å². The lowest BCUT2D eigenvalue weighted by molar-refractivity contribution is 0.0811. The van der Waals surface area contributed by atoms with Crippen LogP contribution in [0.1, 0.15) is 36.2 Å². The molecule has 0 atom stereocenters.